The molecule has 1 fully saturated rings. The number of carbonyl (C=O) groups excluding carboxylic acids is 1. The zero-order valence-corrected chi connectivity index (χ0v) is 15.7. The number of hydrogen-bond acceptors (Lipinski definition) is 5. The lowest BCUT2D eigenvalue weighted by atomic mass is 10.1. The third-order valence-corrected chi connectivity index (χ3v) is 7.44. The van der Waals surface area contributed by atoms with E-state index in [1.165, 1.54) is 16.0 Å². The minimum atomic E-state index is -2.87. The highest BCUT2D eigenvalue weighted by atomic mass is 32.2. The van der Waals surface area contributed by atoms with Crippen molar-refractivity contribution < 1.29 is 13.2 Å². The summed E-state index contributed by atoms with van der Waals surface area (Å²) in [5.41, 5.74) is 2.63. The minimum absolute atomic E-state index is 0.0299. The van der Waals surface area contributed by atoms with Gasteiger partial charge in [0, 0.05) is 30.4 Å². The van der Waals surface area contributed by atoms with Gasteiger partial charge in [0.25, 0.3) is 0 Å². The molecule has 0 bridgehead atoms. The van der Waals surface area contributed by atoms with Crippen molar-refractivity contribution in [2.75, 3.05) is 31.6 Å². The second kappa shape index (κ2) is 7.77. The molecule has 0 radical (unpaired) electrons. The van der Waals surface area contributed by atoms with Crippen molar-refractivity contribution in [2.24, 2.45) is 0 Å². The highest BCUT2D eigenvalue weighted by Gasteiger charge is 2.30. The summed E-state index contributed by atoms with van der Waals surface area (Å²) in [6.45, 7) is 5.48. The van der Waals surface area contributed by atoms with Crippen LogP contribution in [0, 0.1) is 13.8 Å². The molecule has 2 heterocycles. The predicted molar refractivity (Wildman–Crippen MR) is 94.8 cm³/mol. The van der Waals surface area contributed by atoms with Crippen LogP contribution in [0.4, 0.5) is 0 Å². The average Bonchev–Trinajstić information content (AvgIpc) is 3.01. The first kappa shape index (κ1) is 18.4. The summed E-state index contributed by atoms with van der Waals surface area (Å²) in [5.74, 6) is 0.525. The third kappa shape index (κ3) is 5.29. The van der Waals surface area contributed by atoms with Crippen LogP contribution >= 0.6 is 11.3 Å². The van der Waals surface area contributed by atoms with E-state index in [0.717, 1.165) is 6.42 Å². The topological polar surface area (TPSA) is 66.5 Å². The number of nitrogens with zero attached hydrogens (tertiary/aromatic N) is 1. The normalized spacial score (nSPS) is 20.1. The predicted octanol–water partition coefficient (Wildman–Crippen LogP) is 1.53. The van der Waals surface area contributed by atoms with Crippen LogP contribution in [0.5, 0.6) is 0 Å². The van der Waals surface area contributed by atoms with Gasteiger partial charge in [-0.2, -0.15) is 0 Å². The van der Waals surface area contributed by atoms with Crippen LogP contribution in [0.1, 0.15) is 28.8 Å². The van der Waals surface area contributed by atoms with E-state index in [1.54, 1.807) is 11.3 Å². The Kier molecular flexibility index (Phi) is 6.22. The number of aryl methyl sites for hydroxylation is 1. The van der Waals surface area contributed by atoms with Gasteiger partial charge in [-0.15, -0.1) is 11.3 Å². The first-order valence-corrected chi connectivity index (χ1v) is 10.7. The standard InChI is InChI=1S/C16H26N2O3S2/c1-12-13(2)22-10-14(12)4-7-17-16(19)5-8-18(3)15-6-9-23(20,21)11-15/h10,15H,4-9,11H2,1-3H3,(H,17,19)/t15-/m0/s1. The van der Waals surface area contributed by atoms with E-state index in [4.69, 9.17) is 0 Å². The zero-order valence-electron chi connectivity index (χ0n) is 14.1. The van der Waals surface area contributed by atoms with Crippen LogP contribution in [-0.4, -0.2) is 56.9 Å². The lowest BCUT2D eigenvalue weighted by Crippen LogP contribution is -2.36. The summed E-state index contributed by atoms with van der Waals surface area (Å²) in [6, 6.07) is 0.0595. The second-order valence-electron chi connectivity index (χ2n) is 6.33. The number of thiophene rings is 1. The van der Waals surface area contributed by atoms with Crippen LogP contribution < -0.4 is 5.32 Å². The lowest BCUT2D eigenvalue weighted by Gasteiger charge is -2.22. The molecule has 5 nitrogen and oxygen atoms in total. The molecule has 1 saturated heterocycles. The summed E-state index contributed by atoms with van der Waals surface area (Å²) in [7, 11) is -0.968. The fourth-order valence-electron chi connectivity index (χ4n) is 2.82. The molecule has 0 aromatic carbocycles. The van der Waals surface area contributed by atoms with E-state index >= 15 is 0 Å². The molecule has 1 aromatic rings. The smallest absolute Gasteiger partial charge is 0.221 e. The maximum atomic E-state index is 11.9. The minimum Gasteiger partial charge on any atom is -0.356 e. The molecule has 1 N–H and O–H groups in total. The van der Waals surface area contributed by atoms with Crippen molar-refractivity contribution in [3.63, 3.8) is 0 Å². The van der Waals surface area contributed by atoms with Crippen LogP contribution in [0.2, 0.25) is 0 Å². The number of hydrogen-bond donors (Lipinski definition) is 1. The fourth-order valence-corrected chi connectivity index (χ4v) is 5.54. The first-order chi connectivity index (χ1) is 10.8. The molecule has 1 aliphatic rings. The lowest BCUT2D eigenvalue weighted by molar-refractivity contribution is -0.121. The van der Waals surface area contributed by atoms with Gasteiger partial charge in [0.1, 0.15) is 0 Å². The summed E-state index contributed by atoms with van der Waals surface area (Å²) >= 11 is 1.75. The molecule has 1 amide bonds. The van der Waals surface area contributed by atoms with Crippen molar-refractivity contribution in [3.8, 4) is 0 Å². The number of amides is 1. The van der Waals surface area contributed by atoms with Crippen LogP contribution in [-0.2, 0) is 21.1 Å². The quantitative estimate of drug-likeness (QED) is 0.803. The Labute approximate surface area is 143 Å². The third-order valence-electron chi connectivity index (χ3n) is 4.63. The van der Waals surface area contributed by atoms with E-state index in [-0.39, 0.29) is 23.5 Å². The van der Waals surface area contributed by atoms with Crippen molar-refractivity contribution in [3.05, 3.63) is 21.4 Å². The van der Waals surface area contributed by atoms with Gasteiger partial charge in [0.15, 0.2) is 9.84 Å². The van der Waals surface area contributed by atoms with Gasteiger partial charge in [-0.05, 0) is 50.2 Å². The number of rotatable bonds is 7. The molecule has 1 aromatic heterocycles. The summed E-state index contributed by atoms with van der Waals surface area (Å²) in [6.07, 6.45) is 1.95. The molecule has 130 valence electrons. The Morgan fingerprint density at radius 2 is 2.17 bits per heavy atom. The van der Waals surface area contributed by atoms with Gasteiger partial charge in [0.05, 0.1) is 11.5 Å². The Balaban J connectivity index is 1.66. The summed E-state index contributed by atoms with van der Waals surface area (Å²) < 4.78 is 23.0. The molecule has 0 saturated carbocycles. The highest BCUT2D eigenvalue weighted by Crippen LogP contribution is 2.20. The van der Waals surface area contributed by atoms with Gasteiger partial charge < -0.3 is 10.2 Å². The van der Waals surface area contributed by atoms with Crippen molar-refractivity contribution in [1.29, 1.82) is 0 Å². The van der Waals surface area contributed by atoms with Gasteiger partial charge in [0.2, 0.25) is 5.91 Å². The molecular weight excluding hydrogens is 332 g/mol. The number of sulfone groups is 1. The van der Waals surface area contributed by atoms with Gasteiger partial charge in [-0.1, -0.05) is 0 Å². The molecule has 2 rings (SSSR count). The number of nitrogens with one attached hydrogen (secondary N) is 1. The SMILES string of the molecule is Cc1scc(CCNC(=O)CCN(C)[C@H]2CCS(=O)(=O)C2)c1C. The molecule has 7 heteroatoms. The molecule has 1 atom stereocenters. The van der Waals surface area contributed by atoms with Crippen molar-refractivity contribution in [1.82, 2.24) is 10.2 Å². The Morgan fingerprint density at radius 1 is 1.43 bits per heavy atom. The second-order valence-corrected chi connectivity index (χ2v) is 9.64. The molecular formula is C16H26N2O3S2. The molecule has 23 heavy (non-hydrogen) atoms. The maximum absolute atomic E-state index is 11.9. The van der Waals surface area contributed by atoms with Gasteiger partial charge in [-0.25, -0.2) is 8.42 Å². The van der Waals surface area contributed by atoms with Crippen LogP contribution in [0.3, 0.4) is 0 Å². The van der Waals surface area contributed by atoms with E-state index in [1.807, 2.05) is 11.9 Å². The molecule has 0 aliphatic carbocycles. The van der Waals surface area contributed by atoms with Crippen LogP contribution in [0.15, 0.2) is 5.38 Å². The van der Waals surface area contributed by atoms with E-state index in [9.17, 15) is 13.2 Å². The molecule has 0 spiro atoms. The Hall–Kier alpha value is -0.920. The van der Waals surface area contributed by atoms with E-state index in [2.05, 4.69) is 24.5 Å². The van der Waals surface area contributed by atoms with Gasteiger partial charge >= 0.3 is 0 Å². The molecule has 0 unspecified atom stereocenters. The Morgan fingerprint density at radius 3 is 2.74 bits per heavy atom. The van der Waals surface area contributed by atoms with Gasteiger partial charge in [-0.3, -0.25) is 4.79 Å². The van der Waals surface area contributed by atoms with E-state index < -0.39 is 9.84 Å². The average molecular weight is 359 g/mol. The number of carbonyl (C=O) groups is 1. The first-order valence-electron chi connectivity index (χ1n) is 7.99. The largest absolute Gasteiger partial charge is 0.356 e. The van der Waals surface area contributed by atoms with Crippen molar-refractivity contribution >= 4 is 27.1 Å². The van der Waals surface area contributed by atoms with E-state index in [0.29, 0.717) is 25.9 Å². The maximum Gasteiger partial charge on any atom is 0.221 e. The summed E-state index contributed by atoms with van der Waals surface area (Å²) in [4.78, 5) is 15.2. The monoisotopic (exact) mass is 358 g/mol. The van der Waals surface area contributed by atoms with Crippen molar-refractivity contribution in [2.45, 2.75) is 39.2 Å². The molecule has 1 aliphatic heterocycles. The summed E-state index contributed by atoms with van der Waals surface area (Å²) in [5, 5.41) is 5.11. The van der Waals surface area contributed by atoms with Crippen LogP contribution in [0.25, 0.3) is 0 Å². The highest BCUT2D eigenvalue weighted by molar-refractivity contribution is 7.91. The zero-order chi connectivity index (χ0) is 17.0. The Bertz CT molecular complexity index is 652. The fraction of sp³-hybridized carbons (Fsp3) is 0.688.